The lowest BCUT2D eigenvalue weighted by Crippen LogP contribution is -2.36. The minimum absolute atomic E-state index is 0.0422. The topological polar surface area (TPSA) is 72.3 Å². The number of likely N-dealkylation sites (N-methyl/N-ethyl adjacent to an activating group) is 1. The van der Waals surface area contributed by atoms with Gasteiger partial charge in [-0.15, -0.1) is 0 Å². The third kappa shape index (κ3) is 4.05. The van der Waals surface area contributed by atoms with Crippen molar-refractivity contribution in [1.29, 1.82) is 0 Å². The van der Waals surface area contributed by atoms with Gasteiger partial charge in [0.15, 0.2) is 9.84 Å². The molecule has 6 nitrogen and oxygen atoms in total. The van der Waals surface area contributed by atoms with E-state index in [1.54, 1.807) is 9.47 Å². The summed E-state index contributed by atoms with van der Waals surface area (Å²) in [6.07, 6.45) is 4.20. The summed E-state index contributed by atoms with van der Waals surface area (Å²) in [6, 6.07) is 15.8. The van der Waals surface area contributed by atoms with Gasteiger partial charge in [-0.25, -0.2) is 13.4 Å². The van der Waals surface area contributed by atoms with E-state index in [0.717, 1.165) is 24.8 Å². The predicted molar refractivity (Wildman–Crippen MR) is 113 cm³/mol. The number of imidazole rings is 1. The number of fused-ring (bicyclic) bond motifs is 2. The van der Waals surface area contributed by atoms with Gasteiger partial charge in [-0.1, -0.05) is 36.4 Å². The van der Waals surface area contributed by atoms with Crippen LogP contribution in [-0.2, 0) is 33.4 Å². The van der Waals surface area contributed by atoms with Crippen molar-refractivity contribution >= 4 is 26.8 Å². The molecule has 152 valence electrons. The Morgan fingerprint density at radius 1 is 1.17 bits per heavy atom. The second-order valence-corrected chi connectivity index (χ2v) is 9.92. The van der Waals surface area contributed by atoms with Gasteiger partial charge in [-0.3, -0.25) is 4.79 Å². The molecule has 1 aliphatic rings. The molecule has 0 unspecified atom stereocenters. The van der Waals surface area contributed by atoms with E-state index in [1.807, 2.05) is 43.4 Å². The molecular formula is C22H25N3O3S. The maximum absolute atomic E-state index is 13.2. The molecule has 0 radical (unpaired) electrons. The molecule has 0 saturated carbocycles. The van der Waals surface area contributed by atoms with Gasteiger partial charge in [0.2, 0.25) is 5.91 Å². The third-order valence-corrected chi connectivity index (χ3v) is 6.40. The van der Waals surface area contributed by atoms with Crippen LogP contribution in [-0.4, -0.2) is 42.1 Å². The molecule has 3 aromatic rings. The van der Waals surface area contributed by atoms with E-state index >= 15 is 0 Å². The Morgan fingerprint density at radius 3 is 2.69 bits per heavy atom. The van der Waals surface area contributed by atoms with Gasteiger partial charge < -0.3 is 9.47 Å². The van der Waals surface area contributed by atoms with Gasteiger partial charge in [0.1, 0.15) is 18.1 Å². The molecule has 4 rings (SSSR count). The average molecular weight is 412 g/mol. The fourth-order valence-electron chi connectivity index (χ4n) is 4.20. The zero-order valence-corrected chi connectivity index (χ0v) is 17.5. The Hall–Kier alpha value is -2.67. The highest BCUT2D eigenvalue weighted by Crippen LogP contribution is 2.33. The van der Waals surface area contributed by atoms with Crippen molar-refractivity contribution in [2.24, 2.45) is 0 Å². The number of sulfone groups is 1. The lowest BCUT2D eigenvalue weighted by atomic mass is 9.87. The zero-order chi connectivity index (χ0) is 20.6. The third-order valence-electron chi connectivity index (χ3n) is 5.62. The van der Waals surface area contributed by atoms with E-state index < -0.39 is 9.84 Å². The van der Waals surface area contributed by atoms with E-state index in [0.29, 0.717) is 11.3 Å². The standard InChI is InChI=1S/C22H25N3O3S/c1-24(19-13-7-9-16-8-3-4-10-17(16)19)22(26)14-25-20-12-6-5-11-18(20)23-21(25)15-29(2,27)28/h3-6,8,10-12,19H,7,9,13-15H2,1-2H3/t19-/m1/s1. The SMILES string of the molecule is CN(C(=O)Cn1c(CS(C)(=O)=O)nc2ccccc21)[C@@H]1CCCc2ccccc21. The number of amides is 1. The van der Waals surface area contributed by atoms with E-state index in [4.69, 9.17) is 0 Å². The maximum atomic E-state index is 13.2. The van der Waals surface area contributed by atoms with Crippen LogP contribution in [0, 0.1) is 0 Å². The highest BCUT2D eigenvalue weighted by atomic mass is 32.2. The molecule has 0 bridgehead atoms. The van der Waals surface area contributed by atoms with Gasteiger partial charge in [0.05, 0.1) is 17.1 Å². The summed E-state index contributed by atoms with van der Waals surface area (Å²) in [6.45, 7) is 0.0700. The van der Waals surface area contributed by atoms with Gasteiger partial charge in [0, 0.05) is 13.3 Å². The van der Waals surface area contributed by atoms with Crippen LogP contribution in [0.5, 0.6) is 0 Å². The first-order valence-corrected chi connectivity index (χ1v) is 11.8. The number of aromatic nitrogens is 2. The van der Waals surface area contributed by atoms with Crippen molar-refractivity contribution in [3.63, 3.8) is 0 Å². The summed E-state index contributed by atoms with van der Waals surface area (Å²) in [7, 11) is -1.43. The molecule has 1 aliphatic carbocycles. The van der Waals surface area contributed by atoms with Crippen molar-refractivity contribution in [3.8, 4) is 0 Å². The second-order valence-electron chi connectivity index (χ2n) is 7.78. The molecular weight excluding hydrogens is 386 g/mol. The zero-order valence-electron chi connectivity index (χ0n) is 16.7. The monoisotopic (exact) mass is 411 g/mol. The number of rotatable bonds is 5. The van der Waals surface area contributed by atoms with E-state index in [2.05, 4.69) is 17.1 Å². The lowest BCUT2D eigenvalue weighted by Gasteiger charge is -2.33. The van der Waals surface area contributed by atoms with Crippen LogP contribution in [0.15, 0.2) is 48.5 Å². The quantitative estimate of drug-likeness (QED) is 0.647. The van der Waals surface area contributed by atoms with Crippen molar-refractivity contribution in [3.05, 3.63) is 65.5 Å². The minimum Gasteiger partial charge on any atom is -0.337 e. The smallest absolute Gasteiger partial charge is 0.242 e. The maximum Gasteiger partial charge on any atom is 0.242 e. The first-order chi connectivity index (χ1) is 13.8. The summed E-state index contributed by atoms with van der Waals surface area (Å²) < 4.78 is 25.5. The predicted octanol–water partition coefficient (Wildman–Crippen LogP) is 3.12. The van der Waals surface area contributed by atoms with Crippen molar-refractivity contribution < 1.29 is 13.2 Å². The van der Waals surface area contributed by atoms with E-state index in [-0.39, 0.29) is 24.2 Å². The summed E-state index contributed by atoms with van der Waals surface area (Å²) >= 11 is 0. The summed E-state index contributed by atoms with van der Waals surface area (Å²) in [4.78, 5) is 19.5. The fraction of sp³-hybridized carbons (Fsp3) is 0.364. The molecule has 2 aromatic carbocycles. The Morgan fingerprint density at radius 2 is 1.90 bits per heavy atom. The number of para-hydroxylation sites is 2. The van der Waals surface area contributed by atoms with Crippen LogP contribution in [0.4, 0.5) is 0 Å². The van der Waals surface area contributed by atoms with Gasteiger partial charge in [-0.05, 0) is 42.5 Å². The molecule has 7 heteroatoms. The van der Waals surface area contributed by atoms with Crippen LogP contribution in [0.2, 0.25) is 0 Å². The second kappa shape index (κ2) is 7.63. The number of hydrogen-bond donors (Lipinski definition) is 0. The van der Waals surface area contributed by atoms with E-state index in [1.165, 1.54) is 17.4 Å². The largest absolute Gasteiger partial charge is 0.337 e. The van der Waals surface area contributed by atoms with Gasteiger partial charge in [-0.2, -0.15) is 0 Å². The number of nitrogens with zero attached hydrogens (tertiary/aromatic N) is 3. The summed E-state index contributed by atoms with van der Waals surface area (Å²) in [5.74, 6) is 0.161. The van der Waals surface area contributed by atoms with Crippen LogP contribution in [0.25, 0.3) is 11.0 Å². The molecule has 0 spiro atoms. The van der Waals surface area contributed by atoms with Crippen molar-refractivity contribution in [2.75, 3.05) is 13.3 Å². The van der Waals surface area contributed by atoms with Crippen LogP contribution in [0.1, 0.15) is 35.8 Å². The molecule has 1 heterocycles. The van der Waals surface area contributed by atoms with Crippen LogP contribution in [0.3, 0.4) is 0 Å². The van der Waals surface area contributed by atoms with Gasteiger partial charge in [0.25, 0.3) is 0 Å². The first-order valence-electron chi connectivity index (χ1n) is 9.79. The van der Waals surface area contributed by atoms with Crippen LogP contribution < -0.4 is 0 Å². The van der Waals surface area contributed by atoms with Crippen molar-refractivity contribution in [2.45, 2.75) is 37.6 Å². The Balaban J connectivity index is 1.65. The van der Waals surface area contributed by atoms with Crippen LogP contribution >= 0.6 is 0 Å². The lowest BCUT2D eigenvalue weighted by molar-refractivity contribution is -0.133. The Kier molecular flexibility index (Phi) is 5.17. The number of carbonyl (C=O) groups excluding carboxylic acids is 1. The average Bonchev–Trinajstić information content (AvgIpc) is 3.02. The summed E-state index contributed by atoms with van der Waals surface area (Å²) in [5.41, 5.74) is 3.98. The molecule has 0 N–H and O–H groups in total. The number of carbonyl (C=O) groups is 1. The molecule has 0 aliphatic heterocycles. The molecule has 1 amide bonds. The molecule has 0 saturated heterocycles. The van der Waals surface area contributed by atoms with Gasteiger partial charge >= 0.3 is 0 Å². The highest BCUT2D eigenvalue weighted by molar-refractivity contribution is 7.89. The molecule has 1 atom stereocenters. The van der Waals surface area contributed by atoms with Crippen molar-refractivity contribution in [1.82, 2.24) is 14.5 Å². The minimum atomic E-state index is -3.27. The number of hydrogen-bond acceptors (Lipinski definition) is 4. The molecule has 29 heavy (non-hydrogen) atoms. The molecule has 0 fully saturated rings. The number of benzene rings is 2. The van der Waals surface area contributed by atoms with E-state index in [9.17, 15) is 13.2 Å². The highest BCUT2D eigenvalue weighted by Gasteiger charge is 2.27. The Bertz CT molecular complexity index is 1170. The number of aryl methyl sites for hydroxylation is 1. The molecule has 1 aromatic heterocycles. The first kappa shape index (κ1) is 19.6. The summed E-state index contributed by atoms with van der Waals surface area (Å²) in [5, 5.41) is 0. The fourth-order valence-corrected chi connectivity index (χ4v) is 4.89. The Labute approximate surface area is 171 Å². The normalized spacial score (nSPS) is 16.6.